The van der Waals surface area contributed by atoms with Crippen molar-refractivity contribution in [3.05, 3.63) is 65.1 Å². The quantitative estimate of drug-likeness (QED) is 0.535. The first kappa shape index (κ1) is 17.4. The number of hydrogen-bond donors (Lipinski definition) is 1. The summed E-state index contributed by atoms with van der Waals surface area (Å²) in [7, 11) is 0. The van der Waals surface area contributed by atoms with Gasteiger partial charge in [0.2, 0.25) is 0 Å². The second-order valence-corrected chi connectivity index (χ2v) is 6.90. The Labute approximate surface area is 158 Å². The number of hydrogen-bond acceptors (Lipinski definition) is 5. The van der Waals surface area contributed by atoms with Crippen LogP contribution >= 0.6 is 0 Å². The standard InChI is InChI=1S/C20H23N7/c1-14-5-4-6-17(9-14)19-11-18(20-22-24-25-27(20)13-19)12-21-7-8-26-16(3)10-15(2)23-26/h4-6,9-11,13,21H,7-8,12H2,1-3H3. The average molecular weight is 361 g/mol. The van der Waals surface area contributed by atoms with Gasteiger partial charge in [0, 0.05) is 36.1 Å². The van der Waals surface area contributed by atoms with E-state index in [1.54, 1.807) is 4.52 Å². The van der Waals surface area contributed by atoms with Crippen LogP contribution in [0.1, 0.15) is 22.5 Å². The molecule has 7 heteroatoms. The third-order valence-electron chi connectivity index (χ3n) is 4.64. The molecule has 1 aromatic carbocycles. The number of tetrazole rings is 1. The van der Waals surface area contributed by atoms with Gasteiger partial charge in [-0.05, 0) is 48.9 Å². The second-order valence-electron chi connectivity index (χ2n) is 6.90. The first-order chi connectivity index (χ1) is 13.1. The SMILES string of the molecule is Cc1cccc(-c2cc(CNCCn3nc(C)cc3C)c3nnnn3c2)c1. The van der Waals surface area contributed by atoms with Crippen LogP contribution in [0.2, 0.25) is 0 Å². The lowest BCUT2D eigenvalue weighted by molar-refractivity contribution is 0.542. The van der Waals surface area contributed by atoms with Crippen LogP contribution in [0.4, 0.5) is 0 Å². The lowest BCUT2D eigenvalue weighted by atomic mass is 10.0. The smallest absolute Gasteiger partial charge is 0.183 e. The minimum absolute atomic E-state index is 0.697. The van der Waals surface area contributed by atoms with Crippen LogP contribution in [0.3, 0.4) is 0 Å². The van der Waals surface area contributed by atoms with Gasteiger partial charge in [-0.1, -0.05) is 29.8 Å². The van der Waals surface area contributed by atoms with Crippen LogP contribution in [-0.2, 0) is 13.1 Å². The van der Waals surface area contributed by atoms with Crippen LogP contribution in [0.15, 0.2) is 42.6 Å². The van der Waals surface area contributed by atoms with Gasteiger partial charge in [0.1, 0.15) is 0 Å². The third-order valence-corrected chi connectivity index (χ3v) is 4.64. The van der Waals surface area contributed by atoms with Crippen molar-refractivity contribution < 1.29 is 0 Å². The van der Waals surface area contributed by atoms with E-state index in [9.17, 15) is 0 Å². The molecule has 0 bridgehead atoms. The summed E-state index contributed by atoms with van der Waals surface area (Å²) in [4.78, 5) is 0. The van der Waals surface area contributed by atoms with Gasteiger partial charge in [0.15, 0.2) is 5.65 Å². The summed E-state index contributed by atoms with van der Waals surface area (Å²) in [5.41, 5.74) is 7.59. The summed E-state index contributed by atoms with van der Waals surface area (Å²) in [5, 5.41) is 20.1. The molecule has 0 atom stereocenters. The number of fused-ring (bicyclic) bond motifs is 1. The van der Waals surface area contributed by atoms with Crippen molar-refractivity contribution in [2.24, 2.45) is 0 Å². The van der Waals surface area contributed by atoms with Crippen LogP contribution in [-0.4, -0.2) is 36.4 Å². The molecule has 4 aromatic rings. The van der Waals surface area contributed by atoms with E-state index in [0.717, 1.165) is 41.1 Å². The molecule has 27 heavy (non-hydrogen) atoms. The minimum Gasteiger partial charge on any atom is -0.311 e. The van der Waals surface area contributed by atoms with Crippen molar-refractivity contribution in [1.82, 2.24) is 35.1 Å². The Kier molecular flexibility index (Phi) is 4.68. The highest BCUT2D eigenvalue weighted by molar-refractivity contribution is 5.67. The lowest BCUT2D eigenvalue weighted by Crippen LogP contribution is -2.21. The molecule has 3 aromatic heterocycles. The largest absolute Gasteiger partial charge is 0.311 e. The van der Waals surface area contributed by atoms with Crippen LogP contribution in [0.5, 0.6) is 0 Å². The van der Waals surface area contributed by atoms with Crippen molar-refractivity contribution in [2.45, 2.75) is 33.9 Å². The number of benzene rings is 1. The molecule has 3 heterocycles. The molecule has 0 spiro atoms. The van der Waals surface area contributed by atoms with Gasteiger partial charge in [0.25, 0.3) is 0 Å². The zero-order chi connectivity index (χ0) is 18.8. The van der Waals surface area contributed by atoms with Crippen molar-refractivity contribution >= 4 is 5.65 Å². The number of rotatable bonds is 6. The van der Waals surface area contributed by atoms with Crippen molar-refractivity contribution in [1.29, 1.82) is 0 Å². The van der Waals surface area contributed by atoms with Crippen molar-refractivity contribution in [2.75, 3.05) is 6.54 Å². The number of aryl methyl sites for hydroxylation is 3. The topological polar surface area (TPSA) is 72.9 Å². The van der Waals surface area contributed by atoms with Crippen molar-refractivity contribution in [3.63, 3.8) is 0 Å². The predicted octanol–water partition coefficient (Wildman–Crippen LogP) is 2.70. The van der Waals surface area contributed by atoms with E-state index < -0.39 is 0 Å². The van der Waals surface area contributed by atoms with Gasteiger partial charge >= 0.3 is 0 Å². The van der Waals surface area contributed by atoms with E-state index in [2.05, 4.69) is 76.2 Å². The maximum Gasteiger partial charge on any atom is 0.183 e. The summed E-state index contributed by atoms with van der Waals surface area (Å²) < 4.78 is 3.77. The lowest BCUT2D eigenvalue weighted by Gasteiger charge is -2.10. The maximum atomic E-state index is 4.50. The van der Waals surface area contributed by atoms with E-state index in [1.165, 1.54) is 11.3 Å². The maximum absolute atomic E-state index is 4.50. The molecule has 1 N–H and O–H groups in total. The summed E-state index contributed by atoms with van der Waals surface area (Å²) >= 11 is 0. The normalized spacial score (nSPS) is 11.4. The molecule has 0 amide bonds. The van der Waals surface area contributed by atoms with Gasteiger partial charge in [-0.3, -0.25) is 4.68 Å². The van der Waals surface area contributed by atoms with Gasteiger partial charge in [-0.2, -0.15) is 9.61 Å². The molecule has 0 saturated carbocycles. The Hall–Kier alpha value is -3.06. The number of aromatic nitrogens is 6. The zero-order valence-electron chi connectivity index (χ0n) is 15.8. The Morgan fingerprint density at radius 2 is 1.93 bits per heavy atom. The second kappa shape index (κ2) is 7.28. The average Bonchev–Trinajstić information content (AvgIpc) is 3.24. The fourth-order valence-corrected chi connectivity index (χ4v) is 3.34. The Morgan fingerprint density at radius 1 is 1.04 bits per heavy atom. The van der Waals surface area contributed by atoms with E-state index in [-0.39, 0.29) is 0 Å². The fraction of sp³-hybridized carbons (Fsp3) is 0.300. The highest BCUT2D eigenvalue weighted by atomic mass is 15.5. The third kappa shape index (κ3) is 3.73. The first-order valence-electron chi connectivity index (χ1n) is 9.09. The van der Waals surface area contributed by atoms with Gasteiger partial charge in [-0.25, -0.2) is 0 Å². The predicted molar refractivity (Wildman–Crippen MR) is 104 cm³/mol. The van der Waals surface area contributed by atoms with E-state index in [1.807, 2.05) is 17.8 Å². The summed E-state index contributed by atoms with van der Waals surface area (Å²) in [5.74, 6) is 0. The van der Waals surface area contributed by atoms with Gasteiger partial charge in [-0.15, -0.1) is 5.10 Å². The number of nitrogens with one attached hydrogen (secondary N) is 1. The molecule has 138 valence electrons. The van der Waals surface area contributed by atoms with Crippen molar-refractivity contribution in [3.8, 4) is 11.1 Å². The van der Waals surface area contributed by atoms with E-state index in [4.69, 9.17) is 0 Å². The van der Waals surface area contributed by atoms with Crippen LogP contribution in [0.25, 0.3) is 16.8 Å². The molecule has 0 unspecified atom stereocenters. The van der Waals surface area contributed by atoms with Gasteiger partial charge < -0.3 is 5.32 Å². The summed E-state index contributed by atoms with van der Waals surface area (Å²) in [6.07, 6.45) is 1.98. The van der Waals surface area contributed by atoms with E-state index in [0.29, 0.717) is 6.54 Å². The van der Waals surface area contributed by atoms with E-state index >= 15 is 0 Å². The Balaban J connectivity index is 1.52. The number of pyridine rings is 1. The van der Waals surface area contributed by atoms with Crippen LogP contribution < -0.4 is 5.32 Å². The van der Waals surface area contributed by atoms with Gasteiger partial charge in [0.05, 0.1) is 12.2 Å². The molecule has 0 aliphatic heterocycles. The highest BCUT2D eigenvalue weighted by Crippen LogP contribution is 2.23. The molecule has 0 fully saturated rings. The molecule has 0 saturated heterocycles. The molecule has 0 radical (unpaired) electrons. The molecule has 0 aliphatic carbocycles. The highest BCUT2D eigenvalue weighted by Gasteiger charge is 2.09. The van der Waals surface area contributed by atoms with Crippen LogP contribution in [0, 0.1) is 20.8 Å². The summed E-state index contributed by atoms with van der Waals surface area (Å²) in [6, 6.07) is 12.7. The first-order valence-corrected chi connectivity index (χ1v) is 9.09. The Bertz CT molecular complexity index is 1080. The zero-order valence-corrected chi connectivity index (χ0v) is 15.8. The molecule has 0 aliphatic rings. The minimum atomic E-state index is 0.697. The fourth-order valence-electron chi connectivity index (χ4n) is 3.34. The monoisotopic (exact) mass is 361 g/mol. The molecular weight excluding hydrogens is 338 g/mol. The molecule has 4 rings (SSSR count). The molecular formula is C20H23N7. The molecule has 7 nitrogen and oxygen atoms in total. The number of nitrogens with zero attached hydrogens (tertiary/aromatic N) is 6. The summed E-state index contributed by atoms with van der Waals surface area (Å²) in [6.45, 7) is 8.55. The Morgan fingerprint density at radius 3 is 2.70 bits per heavy atom.